The van der Waals surface area contributed by atoms with Crippen molar-refractivity contribution in [3.63, 3.8) is 0 Å². The number of nitrogens with zero attached hydrogens (tertiary/aromatic N) is 2. The van der Waals surface area contributed by atoms with Crippen molar-refractivity contribution >= 4 is 81.3 Å². The van der Waals surface area contributed by atoms with Crippen LogP contribution in [0.4, 0.5) is 9.59 Å². The maximum absolute atomic E-state index is 9.53. The van der Waals surface area contributed by atoms with E-state index in [1.54, 1.807) is 0 Å². The zero-order chi connectivity index (χ0) is 9.14. The van der Waals surface area contributed by atoms with Crippen LogP contribution in [0.5, 0.6) is 0 Å². The molecule has 2 rings (SSSR count). The number of aromatic nitrogens is 2. The van der Waals surface area contributed by atoms with E-state index in [4.69, 9.17) is 0 Å². The van der Waals surface area contributed by atoms with E-state index in [-0.39, 0.29) is 48.1 Å². The summed E-state index contributed by atoms with van der Waals surface area (Å²) in [6, 6.07) is 0. The van der Waals surface area contributed by atoms with Gasteiger partial charge in [-0.15, -0.1) is 0 Å². The number of carbonyl (C=O) groups excluding carboxylic acids is 2. The average molecular weight is 404 g/mol. The smallest absolute Gasteiger partial charge is 2.00 e. The molecule has 0 atom stereocenters. The van der Waals surface area contributed by atoms with Crippen LogP contribution in [0.15, 0.2) is 0 Å². The monoisotopic (exact) mass is 406 g/mol. The van der Waals surface area contributed by atoms with Gasteiger partial charge in [-0.25, -0.2) is 0 Å². The molecule has 13 heteroatoms. The minimum atomic E-state index is -1.12. The summed E-state index contributed by atoms with van der Waals surface area (Å²) >= 11 is 0. The van der Waals surface area contributed by atoms with Gasteiger partial charge in [-0.2, -0.15) is 6.69 Å². The maximum Gasteiger partial charge on any atom is 6.00 e. The Hall–Kier alpha value is 0.808. The minimum Gasteiger partial charge on any atom is -2.00 e. The fraction of sp³-hybridized carbons (Fsp3) is 0. The molecule has 0 N–H and O–H groups in total. The van der Waals surface area contributed by atoms with Gasteiger partial charge >= 0.3 is 21.1 Å². The summed E-state index contributed by atoms with van der Waals surface area (Å²) in [5, 5.41) is 19.1. The van der Waals surface area contributed by atoms with Crippen LogP contribution in [0.2, 0.25) is 0 Å². The van der Waals surface area contributed by atoms with Crippen LogP contribution < -0.4 is 10.2 Å². The van der Waals surface area contributed by atoms with Gasteiger partial charge in [0.05, 0.1) is 0 Å². The number of carbonyl (C=O) groups is 2. The molecule has 0 saturated carbocycles. The van der Waals surface area contributed by atoms with Crippen LogP contribution in [0.1, 0.15) is 0 Å². The van der Waals surface area contributed by atoms with Crippen molar-refractivity contribution < 1.29 is 40.9 Å². The number of hydrogen-bond acceptors (Lipinski definition) is 8. The second-order valence-corrected chi connectivity index (χ2v) is 5.65. The Balaban J connectivity index is -0.000000160. The summed E-state index contributed by atoms with van der Waals surface area (Å²) in [6.07, 6.45) is -2.24. The first-order valence-corrected chi connectivity index (χ1v) is 6.45. The molecule has 6 nitrogen and oxygen atoms in total. The van der Waals surface area contributed by atoms with E-state index in [9.17, 15) is 19.8 Å². The first kappa shape index (κ1) is 21.1. The Morgan fingerprint density at radius 3 is 1.00 bits per heavy atom. The summed E-state index contributed by atoms with van der Waals surface area (Å²) in [7, 11) is 4.66. The Kier molecular flexibility index (Phi) is 14.1. The second-order valence-electron chi connectivity index (χ2n) is 1.34. The molecule has 0 aliphatic carbocycles. The normalized spacial score (nSPS) is 7.47. The molecule has 2 aromatic rings. The van der Waals surface area contributed by atoms with Crippen LogP contribution in [-0.4, -0.2) is 18.9 Å². The second kappa shape index (κ2) is 9.99. The zero-order valence-electron chi connectivity index (χ0n) is 6.39. The predicted molar refractivity (Wildman–Crippen MR) is 56.7 cm³/mol. The Morgan fingerprint density at radius 2 is 1.00 bits per heavy atom. The maximum atomic E-state index is 9.53. The topological polar surface area (TPSA) is 90.1 Å². The number of rotatable bonds is 0. The minimum absolute atomic E-state index is 0. The van der Waals surface area contributed by atoms with Crippen molar-refractivity contribution in [3.05, 3.63) is 0 Å². The van der Waals surface area contributed by atoms with Crippen molar-refractivity contribution in [2.75, 3.05) is 0 Å². The van der Waals surface area contributed by atoms with E-state index >= 15 is 0 Å². The molecule has 0 fully saturated rings. The Morgan fingerprint density at radius 1 is 0.800 bits per heavy atom. The standard InChI is InChI=1S/2CHNO2S2.Mo.2S/c2*3-1(4)2-5-6-2;;;/h2*(H,3,4);;;/q;;+6;2*-2/p-2. The van der Waals surface area contributed by atoms with Crippen molar-refractivity contribution in [1.82, 2.24) is 6.69 Å². The molecule has 0 spiro atoms. The fourth-order valence-electron chi connectivity index (χ4n) is 0.155. The van der Waals surface area contributed by atoms with Gasteiger partial charge in [-0.3, -0.25) is 0 Å². The van der Waals surface area contributed by atoms with Crippen molar-refractivity contribution in [2.24, 2.45) is 0 Å². The Bertz CT molecular complexity index is 299. The SMILES string of the molecule is O=C([O-])n1ss1.O=C([O-])n1ss1.[Mo+6].[S-2].[S-2]. The molecule has 84 valence electrons. The van der Waals surface area contributed by atoms with E-state index < -0.39 is 12.2 Å². The van der Waals surface area contributed by atoms with Crippen molar-refractivity contribution in [1.29, 1.82) is 0 Å². The van der Waals surface area contributed by atoms with E-state index in [0.29, 0.717) is 0 Å². The van der Waals surface area contributed by atoms with Gasteiger partial charge in [0.2, 0.25) is 0 Å². The molecule has 0 aromatic carbocycles. The van der Waals surface area contributed by atoms with E-state index in [1.807, 2.05) is 0 Å². The van der Waals surface area contributed by atoms with E-state index in [0.717, 1.165) is 48.8 Å². The quantitative estimate of drug-likeness (QED) is 0.441. The number of hydrogen-bond donors (Lipinski definition) is 0. The Labute approximate surface area is 128 Å². The van der Waals surface area contributed by atoms with Gasteiger partial charge in [-0.1, -0.05) is 0 Å². The fourth-order valence-corrected chi connectivity index (χ4v) is 1.40. The third-order valence-corrected chi connectivity index (χ3v) is 3.58. The molecule has 2 aromatic heterocycles. The summed E-state index contributed by atoms with van der Waals surface area (Å²) < 4.78 is 2.11. The van der Waals surface area contributed by atoms with Gasteiger partial charge in [0.15, 0.2) is 12.2 Å². The average Bonchev–Trinajstić information content (AvgIpc) is 2.85. The predicted octanol–water partition coefficient (Wildman–Crippen LogP) is -0.402. The molecule has 0 aliphatic rings. The van der Waals surface area contributed by atoms with E-state index in [1.165, 1.54) is 0 Å². The van der Waals surface area contributed by atoms with Gasteiger partial charge < -0.3 is 46.8 Å². The molecule has 0 aliphatic heterocycles. The first-order chi connectivity index (χ1) is 5.61. The molecule has 0 amide bonds. The summed E-state index contributed by atoms with van der Waals surface area (Å²) in [4.78, 5) is 19.1. The van der Waals surface area contributed by atoms with Crippen molar-refractivity contribution in [3.8, 4) is 0 Å². The molecular formula is C2MoN2O4S6. The largest absolute Gasteiger partial charge is 6.00 e. The van der Waals surface area contributed by atoms with E-state index in [2.05, 4.69) is 0 Å². The zero-order valence-corrected chi connectivity index (χ0v) is 13.3. The van der Waals surface area contributed by atoms with Crippen LogP contribution in [0.3, 0.4) is 0 Å². The number of carboxylic acid groups (broad SMARTS) is 2. The summed E-state index contributed by atoms with van der Waals surface area (Å²) in [6.45, 7) is 0. The molecule has 0 unspecified atom stereocenters. The van der Waals surface area contributed by atoms with Crippen LogP contribution in [-0.2, 0) is 48.1 Å². The van der Waals surface area contributed by atoms with Gasteiger partial charge in [0.1, 0.15) is 0 Å². The molecule has 15 heavy (non-hydrogen) atoms. The van der Waals surface area contributed by atoms with Gasteiger partial charge in [-0.05, 0) is 0 Å². The van der Waals surface area contributed by atoms with Crippen LogP contribution in [0.25, 0.3) is 0 Å². The van der Waals surface area contributed by atoms with Crippen molar-refractivity contribution in [2.45, 2.75) is 0 Å². The van der Waals surface area contributed by atoms with Gasteiger partial charge in [0, 0.05) is 42.1 Å². The first-order valence-electron chi connectivity index (χ1n) is 2.33. The van der Waals surface area contributed by atoms with Gasteiger partial charge in [0.25, 0.3) is 0 Å². The van der Waals surface area contributed by atoms with Crippen LogP contribution in [0, 0.1) is 0 Å². The molecule has 0 bridgehead atoms. The molecule has 0 saturated heterocycles. The summed E-state index contributed by atoms with van der Waals surface area (Å²) in [5.41, 5.74) is 0. The molecule has 2 heterocycles. The van der Waals surface area contributed by atoms with Crippen LogP contribution >= 0.6 is 42.1 Å². The third kappa shape index (κ3) is 11.1. The molecular weight excluding hydrogens is 404 g/mol. The third-order valence-electron chi connectivity index (χ3n) is 0.596. The molecule has 0 radical (unpaired) electrons. The summed E-state index contributed by atoms with van der Waals surface area (Å²) in [5.74, 6) is 0.